The number of amides is 1. The van der Waals surface area contributed by atoms with E-state index in [1.165, 1.54) is 42.5 Å². The van der Waals surface area contributed by atoms with Crippen molar-refractivity contribution in [2.45, 2.75) is 0 Å². The number of ether oxygens (including phenoxy) is 1. The first kappa shape index (κ1) is 16.3. The lowest BCUT2D eigenvalue weighted by Crippen LogP contribution is -2.20. The summed E-state index contributed by atoms with van der Waals surface area (Å²) in [6, 6.07) is 11.9. The van der Waals surface area contributed by atoms with Gasteiger partial charge in [0.15, 0.2) is 6.61 Å². The third-order valence-corrected chi connectivity index (χ3v) is 3.01. The van der Waals surface area contributed by atoms with E-state index in [4.69, 9.17) is 21.6 Å². The summed E-state index contributed by atoms with van der Waals surface area (Å²) in [5.41, 5.74) is 0.398. The zero-order chi connectivity index (χ0) is 16.8. The summed E-state index contributed by atoms with van der Waals surface area (Å²) in [4.78, 5) is 22.0. The molecule has 0 aliphatic rings. The molecule has 1 N–H and O–H groups in total. The van der Waals surface area contributed by atoms with Gasteiger partial charge in [-0.2, -0.15) is 5.26 Å². The van der Waals surface area contributed by atoms with Crippen molar-refractivity contribution in [1.82, 2.24) is 0 Å². The number of carbonyl (C=O) groups excluding carboxylic acids is 1. The quantitative estimate of drug-likeness (QED) is 0.669. The van der Waals surface area contributed by atoms with E-state index in [1.54, 1.807) is 0 Å². The Hall–Kier alpha value is -3.11. The number of benzene rings is 2. The maximum absolute atomic E-state index is 11.9. The molecule has 2 rings (SSSR count). The molecule has 23 heavy (non-hydrogen) atoms. The van der Waals surface area contributed by atoms with Crippen LogP contribution in [0.1, 0.15) is 5.56 Å². The molecule has 8 heteroatoms. The van der Waals surface area contributed by atoms with Crippen LogP contribution in [0.3, 0.4) is 0 Å². The monoisotopic (exact) mass is 331 g/mol. The SMILES string of the molecule is N#Cc1ccc(Cl)cc1NC(=O)COc1cccc([N+](=O)[O-])c1. The maximum Gasteiger partial charge on any atom is 0.273 e. The normalized spacial score (nSPS) is 9.74. The van der Waals surface area contributed by atoms with Gasteiger partial charge in [-0.05, 0) is 24.3 Å². The van der Waals surface area contributed by atoms with Crippen molar-refractivity contribution in [3.8, 4) is 11.8 Å². The Morgan fingerprint density at radius 3 is 2.83 bits per heavy atom. The summed E-state index contributed by atoms with van der Waals surface area (Å²) in [7, 11) is 0. The van der Waals surface area contributed by atoms with E-state index in [2.05, 4.69) is 5.32 Å². The molecule has 0 unspecified atom stereocenters. The molecule has 0 aromatic heterocycles. The van der Waals surface area contributed by atoms with E-state index in [9.17, 15) is 14.9 Å². The van der Waals surface area contributed by atoms with Crippen LogP contribution in [0.5, 0.6) is 5.75 Å². The number of nitrogens with zero attached hydrogens (tertiary/aromatic N) is 2. The van der Waals surface area contributed by atoms with Gasteiger partial charge in [0.05, 0.1) is 22.2 Å². The summed E-state index contributed by atoms with van der Waals surface area (Å²) in [6.45, 7) is -0.363. The zero-order valence-corrected chi connectivity index (χ0v) is 12.4. The number of halogens is 1. The number of non-ortho nitro benzene ring substituents is 1. The van der Waals surface area contributed by atoms with Crippen molar-refractivity contribution in [3.63, 3.8) is 0 Å². The van der Waals surface area contributed by atoms with Gasteiger partial charge in [0, 0.05) is 11.1 Å². The first-order chi connectivity index (χ1) is 11.0. The van der Waals surface area contributed by atoms with Gasteiger partial charge in [0.1, 0.15) is 11.8 Å². The van der Waals surface area contributed by atoms with Crippen LogP contribution in [-0.2, 0) is 4.79 Å². The molecule has 0 spiro atoms. The smallest absolute Gasteiger partial charge is 0.273 e. The molecule has 0 radical (unpaired) electrons. The summed E-state index contributed by atoms with van der Waals surface area (Å²) in [5, 5.41) is 22.5. The molecule has 0 aliphatic heterocycles. The van der Waals surface area contributed by atoms with Crippen LogP contribution in [0, 0.1) is 21.4 Å². The predicted molar refractivity (Wildman–Crippen MR) is 83.4 cm³/mol. The fraction of sp³-hybridized carbons (Fsp3) is 0.0667. The number of nitro groups is 1. The van der Waals surface area contributed by atoms with E-state index in [0.29, 0.717) is 5.02 Å². The van der Waals surface area contributed by atoms with E-state index < -0.39 is 10.8 Å². The van der Waals surface area contributed by atoms with Gasteiger partial charge < -0.3 is 10.1 Å². The summed E-state index contributed by atoms with van der Waals surface area (Å²) in [5.74, 6) is -0.323. The number of anilines is 1. The molecular formula is C15H10ClN3O4. The molecule has 2 aromatic carbocycles. The predicted octanol–water partition coefficient (Wildman–Crippen LogP) is 3.14. The van der Waals surface area contributed by atoms with Crippen LogP contribution in [0.15, 0.2) is 42.5 Å². The average Bonchev–Trinajstić information content (AvgIpc) is 2.53. The fourth-order valence-corrected chi connectivity index (χ4v) is 1.91. The minimum absolute atomic E-state index is 0.135. The lowest BCUT2D eigenvalue weighted by Gasteiger charge is -2.09. The summed E-state index contributed by atoms with van der Waals surface area (Å²) in [6.07, 6.45) is 0. The van der Waals surface area contributed by atoms with Crippen molar-refractivity contribution in [1.29, 1.82) is 5.26 Å². The fourth-order valence-electron chi connectivity index (χ4n) is 1.74. The first-order valence-electron chi connectivity index (χ1n) is 6.36. The molecule has 0 aliphatic carbocycles. The van der Waals surface area contributed by atoms with Crippen molar-refractivity contribution in [2.24, 2.45) is 0 Å². The minimum atomic E-state index is -0.557. The van der Waals surface area contributed by atoms with Crippen LogP contribution in [-0.4, -0.2) is 17.4 Å². The second-order valence-corrected chi connectivity index (χ2v) is 4.83. The van der Waals surface area contributed by atoms with Gasteiger partial charge in [-0.25, -0.2) is 0 Å². The minimum Gasteiger partial charge on any atom is -0.484 e. The molecule has 0 fully saturated rings. The molecule has 2 aromatic rings. The van der Waals surface area contributed by atoms with E-state index in [-0.39, 0.29) is 29.3 Å². The second kappa shape index (κ2) is 7.24. The van der Waals surface area contributed by atoms with Gasteiger partial charge in [0.2, 0.25) is 0 Å². The van der Waals surface area contributed by atoms with E-state index >= 15 is 0 Å². The zero-order valence-electron chi connectivity index (χ0n) is 11.7. The Morgan fingerprint density at radius 2 is 2.13 bits per heavy atom. The molecule has 0 bridgehead atoms. The molecule has 0 atom stereocenters. The molecule has 116 valence electrons. The highest BCUT2D eigenvalue weighted by Crippen LogP contribution is 2.21. The number of nitriles is 1. The molecule has 0 heterocycles. The van der Waals surface area contributed by atoms with Gasteiger partial charge in [-0.3, -0.25) is 14.9 Å². The Bertz CT molecular complexity index is 802. The maximum atomic E-state index is 11.9. The number of hydrogen-bond donors (Lipinski definition) is 1. The Kier molecular flexibility index (Phi) is 5.12. The van der Waals surface area contributed by atoms with Crippen molar-refractivity contribution in [3.05, 3.63) is 63.2 Å². The highest BCUT2D eigenvalue weighted by molar-refractivity contribution is 6.31. The third kappa shape index (κ3) is 4.43. The van der Waals surface area contributed by atoms with Gasteiger partial charge in [-0.15, -0.1) is 0 Å². The van der Waals surface area contributed by atoms with Gasteiger partial charge in [0.25, 0.3) is 11.6 Å². The molecular weight excluding hydrogens is 322 g/mol. The first-order valence-corrected chi connectivity index (χ1v) is 6.74. The largest absolute Gasteiger partial charge is 0.484 e. The van der Waals surface area contributed by atoms with Gasteiger partial charge >= 0.3 is 0 Å². The standard InChI is InChI=1S/C15H10ClN3O4/c16-11-5-4-10(8-17)14(6-11)18-15(20)9-23-13-3-1-2-12(7-13)19(21)22/h1-7H,9H2,(H,18,20). The van der Waals surface area contributed by atoms with Crippen molar-refractivity contribution >= 4 is 28.9 Å². The highest BCUT2D eigenvalue weighted by atomic mass is 35.5. The lowest BCUT2D eigenvalue weighted by molar-refractivity contribution is -0.384. The van der Waals surface area contributed by atoms with Crippen LogP contribution in [0.25, 0.3) is 0 Å². The van der Waals surface area contributed by atoms with Crippen LogP contribution >= 0.6 is 11.6 Å². The summed E-state index contributed by atoms with van der Waals surface area (Å²) < 4.78 is 5.20. The van der Waals surface area contributed by atoms with Crippen LogP contribution in [0.4, 0.5) is 11.4 Å². The number of hydrogen-bond acceptors (Lipinski definition) is 5. The van der Waals surface area contributed by atoms with Crippen molar-refractivity contribution in [2.75, 3.05) is 11.9 Å². The Morgan fingerprint density at radius 1 is 1.35 bits per heavy atom. The van der Waals surface area contributed by atoms with Crippen molar-refractivity contribution < 1.29 is 14.5 Å². The third-order valence-electron chi connectivity index (χ3n) is 2.77. The topological polar surface area (TPSA) is 105 Å². The van der Waals surface area contributed by atoms with E-state index in [1.807, 2.05) is 6.07 Å². The highest BCUT2D eigenvalue weighted by Gasteiger charge is 2.10. The Balaban J connectivity index is 2.01. The molecule has 7 nitrogen and oxygen atoms in total. The van der Waals surface area contributed by atoms with Crippen LogP contribution in [0.2, 0.25) is 5.02 Å². The Labute approximate surface area is 136 Å². The number of nitrogens with one attached hydrogen (secondary N) is 1. The second-order valence-electron chi connectivity index (χ2n) is 4.39. The summed E-state index contributed by atoms with van der Waals surface area (Å²) >= 11 is 5.82. The average molecular weight is 332 g/mol. The molecule has 1 amide bonds. The molecule has 0 saturated carbocycles. The van der Waals surface area contributed by atoms with Gasteiger partial charge in [-0.1, -0.05) is 17.7 Å². The lowest BCUT2D eigenvalue weighted by atomic mass is 10.2. The number of carbonyl (C=O) groups is 1. The molecule has 0 saturated heterocycles. The number of rotatable bonds is 5. The van der Waals surface area contributed by atoms with Crippen LogP contribution < -0.4 is 10.1 Å². The number of nitro benzene ring substituents is 1. The van der Waals surface area contributed by atoms with E-state index in [0.717, 1.165) is 0 Å².